The number of pyridine rings is 2. The molecule has 0 amide bonds. The van der Waals surface area contributed by atoms with E-state index in [2.05, 4.69) is 9.97 Å². The van der Waals surface area contributed by atoms with Gasteiger partial charge in [-0.05, 0) is 12.1 Å². The molecule has 1 aromatic carbocycles. The van der Waals surface area contributed by atoms with E-state index in [9.17, 15) is 4.57 Å². The highest BCUT2D eigenvalue weighted by Crippen LogP contribution is 2.34. The molecule has 0 fully saturated rings. The van der Waals surface area contributed by atoms with Crippen LogP contribution in [-0.4, -0.2) is 19.8 Å². The third-order valence-corrected chi connectivity index (χ3v) is 3.66. The first-order valence-corrected chi connectivity index (χ1v) is 6.86. The Morgan fingerprint density at radius 2 is 1.72 bits per heavy atom. The SMILES string of the molecule is O=P(O)(O)c1cnc2c(ccc3cccnc32)c1. The lowest BCUT2D eigenvalue weighted by Gasteiger charge is -2.06. The predicted octanol–water partition coefficient (Wildman–Crippen LogP) is 1.59. The minimum atomic E-state index is -4.27. The first-order chi connectivity index (χ1) is 8.55. The van der Waals surface area contributed by atoms with Crippen LogP contribution in [0.5, 0.6) is 0 Å². The van der Waals surface area contributed by atoms with Crippen LogP contribution < -0.4 is 5.30 Å². The van der Waals surface area contributed by atoms with Gasteiger partial charge in [-0.3, -0.25) is 14.5 Å². The Morgan fingerprint density at radius 3 is 2.50 bits per heavy atom. The van der Waals surface area contributed by atoms with Gasteiger partial charge in [0, 0.05) is 23.2 Å². The Morgan fingerprint density at radius 1 is 1.00 bits per heavy atom. The molecule has 0 saturated heterocycles. The fourth-order valence-corrected chi connectivity index (χ4v) is 2.40. The van der Waals surface area contributed by atoms with E-state index in [1.807, 2.05) is 18.2 Å². The maximum atomic E-state index is 11.2. The van der Waals surface area contributed by atoms with E-state index in [-0.39, 0.29) is 5.30 Å². The molecule has 0 aliphatic heterocycles. The Kier molecular flexibility index (Phi) is 2.41. The molecule has 2 N–H and O–H groups in total. The summed E-state index contributed by atoms with van der Waals surface area (Å²) in [6, 6.07) is 8.84. The summed E-state index contributed by atoms with van der Waals surface area (Å²) in [6.45, 7) is 0. The molecule has 0 atom stereocenters. The fraction of sp³-hybridized carbons (Fsp3) is 0. The molecule has 3 aromatic rings. The first kappa shape index (κ1) is 11.3. The highest BCUT2D eigenvalue weighted by molar-refractivity contribution is 7.60. The molecule has 6 heteroatoms. The number of fused-ring (bicyclic) bond motifs is 3. The quantitative estimate of drug-likeness (QED) is 0.512. The minimum Gasteiger partial charge on any atom is -0.321 e. The van der Waals surface area contributed by atoms with Gasteiger partial charge in [-0.25, -0.2) is 0 Å². The third kappa shape index (κ3) is 1.78. The first-order valence-electron chi connectivity index (χ1n) is 5.25. The van der Waals surface area contributed by atoms with Crippen molar-refractivity contribution in [2.45, 2.75) is 0 Å². The summed E-state index contributed by atoms with van der Waals surface area (Å²) in [7, 11) is -4.27. The van der Waals surface area contributed by atoms with Gasteiger partial charge < -0.3 is 9.79 Å². The maximum Gasteiger partial charge on any atom is 0.357 e. The molecule has 0 saturated carbocycles. The lowest BCUT2D eigenvalue weighted by atomic mass is 10.1. The molecule has 0 radical (unpaired) electrons. The van der Waals surface area contributed by atoms with Crippen molar-refractivity contribution in [2.24, 2.45) is 0 Å². The van der Waals surface area contributed by atoms with Gasteiger partial charge in [0.25, 0.3) is 0 Å². The van der Waals surface area contributed by atoms with E-state index in [1.54, 1.807) is 12.3 Å². The van der Waals surface area contributed by atoms with Crippen LogP contribution in [0.1, 0.15) is 0 Å². The second kappa shape index (κ2) is 3.85. The summed E-state index contributed by atoms with van der Waals surface area (Å²) in [5.41, 5.74) is 1.37. The van der Waals surface area contributed by atoms with Crippen molar-refractivity contribution in [1.82, 2.24) is 9.97 Å². The molecule has 0 bridgehead atoms. The largest absolute Gasteiger partial charge is 0.357 e. The van der Waals surface area contributed by atoms with E-state index in [4.69, 9.17) is 9.79 Å². The van der Waals surface area contributed by atoms with Crippen molar-refractivity contribution in [3.8, 4) is 0 Å². The van der Waals surface area contributed by atoms with E-state index in [0.29, 0.717) is 10.9 Å². The van der Waals surface area contributed by atoms with Crippen molar-refractivity contribution < 1.29 is 14.4 Å². The molecule has 18 heavy (non-hydrogen) atoms. The van der Waals surface area contributed by atoms with E-state index >= 15 is 0 Å². The van der Waals surface area contributed by atoms with Gasteiger partial charge in [-0.15, -0.1) is 0 Å². The number of hydrogen-bond donors (Lipinski definition) is 2. The second-order valence-corrected chi connectivity index (χ2v) is 5.55. The summed E-state index contributed by atoms with van der Waals surface area (Å²) in [5, 5.41) is 1.54. The Hall–Kier alpha value is -1.81. The van der Waals surface area contributed by atoms with Crippen molar-refractivity contribution in [3.63, 3.8) is 0 Å². The molecule has 3 rings (SSSR count). The fourth-order valence-electron chi connectivity index (χ4n) is 1.88. The van der Waals surface area contributed by atoms with Crippen LogP contribution >= 0.6 is 7.60 Å². The van der Waals surface area contributed by atoms with Gasteiger partial charge in [0.2, 0.25) is 0 Å². The Balaban J connectivity index is 2.38. The normalized spacial score (nSPS) is 12.1. The number of benzene rings is 1. The second-order valence-electron chi connectivity index (χ2n) is 3.95. The molecule has 2 heterocycles. The number of nitrogens with zero attached hydrogens (tertiary/aromatic N) is 2. The van der Waals surface area contributed by atoms with Crippen molar-refractivity contribution in [1.29, 1.82) is 0 Å². The summed E-state index contributed by atoms with van der Waals surface area (Å²) < 4.78 is 11.2. The van der Waals surface area contributed by atoms with E-state index in [0.717, 1.165) is 10.9 Å². The van der Waals surface area contributed by atoms with E-state index in [1.165, 1.54) is 12.3 Å². The van der Waals surface area contributed by atoms with Gasteiger partial charge in [-0.1, -0.05) is 18.2 Å². The van der Waals surface area contributed by atoms with Crippen molar-refractivity contribution in [3.05, 3.63) is 42.7 Å². The standard InChI is InChI=1S/C12H9N2O3P/c15-18(16,17)10-6-9-4-3-8-2-1-5-13-11(8)12(9)14-7-10/h1-7H,(H2,15,16,17). The van der Waals surface area contributed by atoms with Gasteiger partial charge in [0.15, 0.2) is 0 Å². The van der Waals surface area contributed by atoms with Crippen LogP contribution in [0.25, 0.3) is 21.8 Å². The number of rotatable bonds is 1. The smallest absolute Gasteiger partial charge is 0.321 e. The summed E-state index contributed by atoms with van der Waals surface area (Å²) in [5.74, 6) is 0. The monoisotopic (exact) mass is 260 g/mol. The third-order valence-electron chi connectivity index (χ3n) is 2.74. The number of hydrogen-bond acceptors (Lipinski definition) is 3. The summed E-state index contributed by atoms with van der Waals surface area (Å²) in [6.07, 6.45) is 2.87. The average molecular weight is 260 g/mol. The molecule has 2 aromatic heterocycles. The van der Waals surface area contributed by atoms with Crippen LogP contribution in [0, 0.1) is 0 Å². The topological polar surface area (TPSA) is 83.3 Å². The van der Waals surface area contributed by atoms with Gasteiger partial charge in [-0.2, -0.15) is 0 Å². The minimum absolute atomic E-state index is 0.0784. The zero-order valence-corrected chi connectivity index (χ0v) is 10.1. The highest BCUT2D eigenvalue weighted by atomic mass is 31.2. The average Bonchev–Trinajstić information content (AvgIpc) is 2.37. The highest BCUT2D eigenvalue weighted by Gasteiger charge is 2.18. The zero-order chi connectivity index (χ0) is 12.8. The van der Waals surface area contributed by atoms with Crippen molar-refractivity contribution >= 4 is 34.7 Å². The Bertz CT molecular complexity index is 798. The molecule has 0 aliphatic rings. The van der Waals surface area contributed by atoms with Crippen LogP contribution in [0.3, 0.4) is 0 Å². The van der Waals surface area contributed by atoms with Gasteiger partial charge in [0.1, 0.15) is 0 Å². The van der Waals surface area contributed by atoms with Crippen LogP contribution in [0.15, 0.2) is 42.7 Å². The van der Waals surface area contributed by atoms with Gasteiger partial charge >= 0.3 is 7.60 Å². The Labute approximate surface area is 102 Å². The summed E-state index contributed by atoms with van der Waals surface area (Å²) in [4.78, 5) is 26.6. The molecule has 0 unspecified atom stereocenters. The van der Waals surface area contributed by atoms with Gasteiger partial charge in [0.05, 0.1) is 16.3 Å². The van der Waals surface area contributed by atoms with Crippen molar-refractivity contribution in [2.75, 3.05) is 0 Å². The zero-order valence-electron chi connectivity index (χ0n) is 9.19. The molecule has 0 spiro atoms. The van der Waals surface area contributed by atoms with Crippen LogP contribution in [0.2, 0.25) is 0 Å². The lowest BCUT2D eigenvalue weighted by Crippen LogP contribution is -2.04. The molecule has 0 aliphatic carbocycles. The lowest BCUT2D eigenvalue weighted by molar-refractivity contribution is 0.387. The van der Waals surface area contributed by atoms with Crippen LogP contribution in [0.4, 0.5) is 0 Å². The van der Waals surface area contributed by atoms with Crippen LogP contribution in [-0.2, 0) is 4.57 Å². The molecule has 5 nitrogen and oxygen atoms in total. The molecular weight excluding hydrogens is 251 g/mol. The predicted molar refractivity (Wildman–Crippen MR) is 68.7 cm³/mol. The molecule has 90 valence electrons. The molecular formula is C12H9N2O3P. The summed E-state index contributed by atoms with van der Waals surface area (Å²) >= 11 is 0. The number of aromatic nitrogens is 2. The maximum absolute atomic E-state index is 11.2. The van der Waals surface area contributed by atoms with E-state index < -0.39 is 7.60 Å².